The van der Waals surface area contributed by atoms with Crippen LogP contribution in [-0.2, 0) is 0 Å². The molecule has 0 aliphatic heterocycles. The second kappa shape index (κ2) is 3.64. The molecular weight excluding hydrogens is 100 g/mol. The third-order valence-electron chi connectivity index (χ3n) is 1.16. The Balaban J connectivity index is 3.51. The first-order chi connectivity index (χ1) is 3.72. The lowest BCUT2D eigenvalue weighted by molar-refractivity contribution is 0.476. The topological polar surface area (TPSA) is 38.0 Å². The lowest BCUT2D eigenvalue weighted by atomic mass is 10.1. The SMILES string of the molecule is C=CC(NN)C(C)C. The lowest BCUT2D eigenvalue weighted by Gasteiger charge is -2.13. The molecule has 1 atom stereocenters. The molecule has 0 rings (SSSR count). The Morgan fingerprint density at radius 2 is 2.12 bits per heavy atom. The molecule has 0 amide bonds. The summed E-state index contributed by atoms with van der Waals surface area (Å²) in [6, 6.07) is 0.245. The van der Waals surface area contributed by atoms with Gasteiger partial charge >= 0.3 is 0 Å². The van der Waals surface area contributed by atoms with Gasteiger partial charge in [-0.25, -0.2) is 0 Å². The smallest absolute Gasteiger partial charge is 0.0410 e. The van der Waals surface area contributed by atoms with Crippen molar-refractivity contribution in [3.63, 3.8) is 0 Å². The van der Waals surface area contributed by atoms with Gasteiger partial charge in [0, 0.05) is 6.04 Å². The summed E-state index contributed by atoms with van der Waals surface area (Å²) >= 11 is 0. The second-order valence-corrected chi connectivity index (χ2v) is 2.17. The van der Waals surface area contributed by atoms with Gasteiger partial charge < -0.3 is 0 Å². The molecule has 8 heavy (non-hydrogen) atoms. The summed E-state index contributed by atoms with van der Waals surface area (Å²) in [4.78, 5) is 0. The Hall–Kier alpha value is -0.340. The largest absolute Gasteiger partial charge is 0.271 e. The molecule has 0 aliphatic rings. The van der Waals surface area contributed by atoms with Crippen LogP contribution < -0.4 is 11.3 Å². The first-order valence-electron chi connectivity index (χ1n) is 2.81. The standard InChI is InChI=1S/C6H14N2/c1-4-6(8-7)5(2)3/h4-6,8H,1,7H2,2-3H3. The van der Waals surface area contributed by atoms with Gasteiger partial charge in [0.2, 0.25) is 0 Å². The van der Waals surface area contributed by atoms with Gasteiger partial charge in [0.05, 0.1) is 0 Å². The number of nitrogens with one attached hydrogen (secondary N) is 1. The predicted molar refractivity (Wildman–Crippen MR) is 36.1 cm³/mol. The zero-order chi connectivity index (χ0) is 6.57. The Labute approximate surface area is 50.7 Å². The Kier molecular flexibility index (Phi) is 3.48. The van der Waals surface area contributed by atoms with E-state index in [-0.39, 0.29) is 6.04 Å². The minimum absolute atomic E-state index is 0.245. The monoisotopic (exact) mass is 114 g/mol. The third kappa shape index (κ3) is 2.09. The highest BCUT2D eigenvalue weighted by molar-refractivity contribution is 4.85. The van der Waals surface area contributed by atoms with E-state index in [1.807, 2.05) is 6.08 Å². The molecule has 1 unspecified atom stereocenters. The number of nitrogens with two attached hydrogens (primary N) is 1. The number of hydrazine groups is 1. The van der Waals surface area contributed by atoms with Crippen LogP contribution in [0.2, 0.25) is 0 Å². The van der Waals surface area contributed by atoms with Crippen LogP contribution in [0.4, 0.5) is 0 Å². The Morgan fingerprint density at radius 3 is 2.12 bits per heavy atom. The molecule has 0 aromatic carbocycles. The van der Waals surface area contributed by atoms with E-state index in [0.717, 1.165) is 0 Å². The maximum Gasteiger partial charge on any atom is 0.0410 e. The number of rotatable bonds is 3. The molecule has 0 bridgehead atoms. The van der Waals surface area contributed by atoms with E-state index in [1.54, 1.807) is 0 Å². The fraction of sp³-hybridized carbons (Fsp3) is 0.667. The van der Waals surface area contributed by atoms with E-state index in [9.17, 15) is 0 Å². The molecule has 48 valence electrons. The van der Waals surface area contributed by atoms with E-state index in [1.165, 1.54) is 0 Å². The average Bonchev–Trinajstić information content (AvgIpc) is 1.69. The quantitative estimate of drug-likeness (QED) is 0.321. The number of hydrogen-bond donors (Lipinski definition) is 2. The fourth-order valence-electron chi connectivity index (χ4n) is 0.533. The van der Waals surface area contributed by atoms with Crippen LogP contribution in [0.15, 0.2) is 12.7 Å². The van der Waals surface area contributed by atoms with Crippen LogP contribution in [-0.4, -0.2) is 6.04 Å². The molecule has 0 aliphatic carbocycles. The van der Waals surface area contributed by atoms with Gasteiger partial charge in [0.1, 0.15) is 0 Å². The summed E-state index contributed by atoms with van der Waals surface area (Å²) < 4.78 is 0. The molecule has 0 saturated carbocycles. The minimum Gasteiger partial charge on any atom is -0.271 e. The summed E-state index contributed by atoms with van der Waals surface area (Å²) in [5.41, 5.74) is 2.63. The third-order valence-corrected chi connectivity index (χ3v) is 1.16. The van der Waals surface area contributed by atoms with Crippen molar-refractivity contribution in [2.75, 3.05) is 0 Å². The average molecular weight is 114 g/mol. The molecule has 0 aromatic rings. The highest BCUT2D eigenvalue weighted by Gasteiger charge is 2.03. The minimum atomic E-state index is 0.245. The van der Waals surface area contributed by atoms with E-state index in [2.05, 4.69) is 25.9 Å². The van der Waals surface area contributed by atoms with Gasteiger partial charge in [0.25, 0.3) is 0 Å². The first-order valence-corrected chi connectivity index (χ1v) is 2.81. The van der Waals surface area contributed by atoms with Gasteiger partial charge in [-0.15, -0.1) is 6.58 Å². The van der Waals surface area contributed by atoms with Crippen molar-refractivity contribution < 1.29 is 0 Å². The maximum atomic E-state index is 5.16. The van der Waals surface area contributed by atoms with Crippen LogP contribution in [0.3, 0.4) is 0 Å². The summed E-state index contributed by atoms with van der Waals surface area (Å²) in [6.07, 6.45) is 1.81. The van der Waals surface area contributed by atoms with E-state index < -0.39 is 0 Å². The van der Waals surface area contributed by atoms with E-state index in [0.29, 0.717) is 5.92 Å². The van der Waals surface area contributed by atoms with Crippen molar-refractivity contribution in [2.24, 2.45) is 11.8 Å². The summed E-state index contributed by atoms with van der Waals surface area (Å²) in [5, 5.41) is 0. The molecule has 0 aromatic heterocycles. The zero-order valence-corrected chi connectivity index (χ0v) is 5.52. The normalized spacial score (nSPS) is 14.0. The predicted octanol–water partition coefficient (Wildman–Crippen LogP) is 0.660. The van der Waals surface area contributed by atoms with Gasteiger partial charge in [0.15, 0.2) is 0 Å². The lowest BCUT2D eigenvalue weighted by Crippen LogP contribution is -2.37. The molecule has 0 radical (unpaired) electrons. The fourth-order valence-corrected chi connectivity index (χ4v) is 0.533. The molecule has 2 nitrogen and oxygen atoms in total. The van der Waals surface area contributed by atoms with Gasteiger partial charge in [-0.05, 0) is 5.92 Å². The van der Waals surface area contributed by atoms with Crippen molar-refractivity contribution >= 4 is 0 Å². The summed E-state index contributed by atoms with van der Waals surface area (Å²) in [6.45, 7) is 7.79. The molecule has 2 heteroatoms. The Bertz CT molecular complexity index is 68.9. The number of hydrogen-bond acceptors (Lipinski definition) is 2. The van der Waals surface area contributed by atoms with Crippen molar-refractivity contribution in [2.45, 2.75) is 19.9 Å². The van der Waals surface area contributed by atoms with E-state index >= 15 is 0 Å². The van der Waals surface area contributed by atoms with Crippen LogP contribution in [0.25, 0.3) is 0 Å². The molecule has 0 heterocycles. The zero-order valence-electron chi connectivity index (χ0n) is 5.52. The van der Waals surface area contributed by atoms with Crippen LogP contribution >= 0.6 is 0 Å². The molecule has 0 saturated heterocycles. The van der Waals surface area contributed by atoms with Crippen molar-refractivity contribution in [1.29, 1.82) is 0 Å². The van der Waals surface area contributed by atoms with Gasteiger partial charge in [-0.1, -0.05) is 19.9 Å². The second-order valence-electron chi connectivity index (χ2n) is 2.17. The van der Waals surface area contributed by atoms with Gasteiger partial charge in [-0.2, -0.15) is 0 Å². The maximum absolute atomic E-state index is 5.16. The first kappa shape index (κ1) is 7.66. The van der Waals surface area contributed by atoms with Crippen LogP contribution in [0, 0.1) is 5.92 Å². The summed E-state index contributed by atoms with van der Waals surface area (Å²) in [7, 11) is 0. The van der Waals surface area contributed by atoms with Gasteiger partial charge in [-0.3, -0.25) is 11.3 Å². The Morgan fingerprint density at radius 1 is 1.62 bits per heavy atom. The summed E-state index contributed by atoms with van der Waals surface area (Å²) in [5.74, 6) is 5.69. The molecule has 0 spiro atoms. The van der Waals surface area contributed by atoms with E-state index in [4.69, 9.17) is 5.84 Å². The highest BCUT2D eigenvalue weighted by Crippen LogP contribution is 1.99. The molecule has 3 N–H and O–H groups in total. The molecule has 0 fully saturated rings. The highest BCUT2D eigenvalue weighted by atomic mass is 15.2. The van der Waals surface area contributed by atoms with Crippen molar-refractivity contribution in [1.82, 2.24) is 5.43 Å². The van der Waals surface area contributed by atoms with Crippen molar-refractivity contribution in [3.05, 3.63) is 12.7 Å². The van der Waals surface area contributed by atoms with Crippen LogP contribution in [0.5, 0.6) is 0 Å². The molecular formula is C6H14N2. The van der Waals surface area contributed by atoms with Crippen molar-refractivity contribution in [3.8, 4) is 0 Å². The van der Waals surface area contributed by atoms with Crippen LogP contribution in [0.1, 0.15) is 13.8 Å².